The maximum atomic E-state index is 12.8. The Bertz CT molecular complexity index is 749. The van der Waals surface area contributed by atoms with Gasteiger partial charge in [0.05, 0.1) is 30.0 Å². The van der Waals surface area contributed by atoms with E-state index in [2.05, 4.69) is 6.92 Å². The zero-order chi connectivity index (χ0) is 25.2. The van der Waals surface area contributed by atoms with Crippen LogP contribution < -0.4 is 4.90 Å². The van der Waals surface area contributed by atoms with Gasteiger partial charge in [-0.15, -0.1) is 0 Å². The van der Waals surface area contributed by atoms with Gasteiger partial charge in [-0.2, -0.15) is 0 Å². The van der Waals surface area contributed by atoms with Crippen molar-refractivity contribution in [2.75, 3.05) is 38.4 Å². The molecule has 0 saturated heterocycles. The molecule has 7 heteroatoms. The molecular formula is C27H43NO6. The average Bonchev–Trinajstić information content (AvgIpc) is 2.84. The number of unbranched alkanes of at least 4 members (excludes halogenated alkanes) is 8. The Hall–Kier alpha value is -2.41. The maximum Gasteiger partial charge on any atom is 0.341 e. The van der Waals surface area contributed by atoms with Crippen molar-refractivity contribution in [3.63, 3.8) is 0 Å². The third-order valence-corrected chi connectivity index (χ3v) is 5.58. The first kappa shape index (κ1) is 29.6. The summed E-state index contributed by atoms with van der Waals surface area (Å²) in [5, 5.41) is 0. The van der Waals surface area contributed by atoms with E-state index in [9.17, 15) is 14.4 Å². The molecule has 0 saturated carbocycles. The van der Waals surface area contributed by atoms with E-state index in [0.717, 1.165) is 32.1 Å². The molecule has 0 aliphatic heterocycles. The number of carbonyl (C=O) groups excluding carboxylic acids is 3. The highest BCUT2D eigenvalue weighted by Gasteiger charge is 2.26. The highest BCUT2D eigenvalue weighted by molar-refractivity contribution is 6.10. The van der Waals surface area contributed by atoms with Gasteiger partial charge in [-0.05, 0) is 31.9 Å². The molecule has 0 aliphatic carbocycles. The Morgan fingerprint density at radius 2 is 1.41 bits per heavy atom. The fourth-order valence-electron chi connectivity index (χ4n) is 3.52. The van der Waals surface area contributed by atoms with Crippen LogP contribution in [0, 0.1) is 0 Å². The molecule has 0 bridgehead atoms. The van der Waals surface area contributed by atoms with Crippen molar-refractivity contribution in [1.29, 1.82) is 0 Å². The topological polar surface area (TPSA) is 82.1 Å². The van der Waals surface area contributed by atoms with Crippen molar-refractivity contribution in [1.82, 2.24) is 0 Å². The van der Waals surface area contributed by atoms with Gasteiger partial charge in [0.1, 0.15) is 6.61 Å². The lowest BCUT2D eigenvalue weighted by atomic mass is 10.0. The molecule has 34 heavy (non-hydrogen) atoms. The standard InChI is InChI=1S/C27H43NO6/c1-5-8-10-11-12-13-14-15-20-34-26(30)22-17-16-18-23(25(22)27(31)33-7-3)28(4)24(29)21-32-19-9-6-2/h16-18H,5-15,19-21H2,1-4H3. The van der Waals surface area contributed by atoms with Crippen LogP contribution in [-0.2, 0) is 19.0 Å². The van der Waals surface area contributed by atoms with E-state index in [1.165, 1.54) is 43.1 Å². The lowest BCUT2D eigenvalue weighted by Crippen LogP contribution is -2.32. The fraction of sp³-hybridized carbons (Fsp3) is 0.667. The van der Waals surface area contributed by atoms with Crippen molar-refractivity contribution >= 4 is 23.5 Å². The predicted molar refractivity (Wildman–Crippen MR) is 134 cm³/mol. The van der Waals surface area contributed by atoms with Crippen LogP contribution in [-0.4, -0.2) is 51.3 Å². The molecule has 0 aromatic heterocycles. The number of benzene rings is 1. The third-order valence-electron chi connectivity index (χ3n) is 5.58. The predicted octanol–water partition coefficient (Wildman–Crippen LogP) is 5.94. The lowest BCUT2D eigenvalue weighted by Gasteiger charge is -2.21. The number of esters is 2. The summed E-state index contributed by atoms with van der Waals surface area (Å²) in [5.74, 6) is -1.57. The van der Waals surface area contributed by atoms with E-state index < -0.39 is 11.9 Å². The molecule has 1 aromatic carbocycles. The second-order valence-corrected chi connectivity index (χ2v) is 8.39. The molecule has 192 valence electrons. The molecular weight excluding hydrogens is 434 g/mol. The Balaban J connectivity index is 2.79. The van der Waals surface area contributed by atoms with E-state index in [4.69, 9.17) is 14.2 Å². The van der Waals surface area contributed by atoms with Crippen LogP contribution in [0.4, 0.5) is 5.69 Å². The smallest absolute Gasteiger partial charge is 0.341 e. The molecule has 0 unspecified atom stereocenters. The van der Waals surface area contributed by atoms with Gasteiger partial charge >= 0.3 is 11.9 Å². The van der Waals surface area contributed by atoms with Crippen molar-refractivity contribution < 1.29 is 28.6 Å². The highest BCUT2D eigenvalue weighted by atomic mass is 16.5. The zero-order valence-electron chi connectivity index (χ0n) is 21.5. The Labute approximate surface area is 205 Å². The monoisotopic (exact) mass is 477 g/mol. The first-order chi connectivity index (χ1) is 16.5. The SMILES string of the molecule is CCCCCCCCCCOC(=O)c1cccc(N(C)C(=O)COCCCC)c1C(=O)OCC. The molecule has 0 N–H and O–H groups in total. The normalized spacial score (nSPS) is 10.7. The first-order valence-electron chi connectivity index (χ1n) is 12.8. The molecule has 0 aliphatic rings. The Kier molecular flexibility index (Phi) is 15.7. The van der Waals surface area contributed by atoms with Crippen LogP contribution in [0.3, 0.4) is 0 Å². The minimum Gasteiger partial charge on any atom is -0.462 e. The summed E-state index contributed by atoms with van der Waals surface area (Å²) in [6.07, 6.45) is 11.0. The summed E-state index contributed by atoms with van der Waals surface area (Å²) in [6, 6.07) is 4.78. The Morgan fingerprint density at radius 3 is 2.06 bits per heavy atom. The molecule has 1 amide bonds. The number of anilines is 1. The first-order valence-corrected chi connectivity index (χ1v) is 12.8. The zero-order valence-corrected chi connectivity index (χ0v) is 21.5. The molecule has 0 spiro atoms. The minimum absolute atomic E-state index is 0.0367. The summed E-state index contributed by atoms with van der Waals surface area (Å²) in [6.45, 7) is 6.77. The van der Waals surface area contributed by atoms with Crippen LogP contribution in [0.15, 0.2) is 18.2 Å². The average molecular weight is 478 g/mol. The third kappa shape index (κ3) is 10.7. The van der Waals surface area contributed by atoms with Gasteiger partial charge in [0.15, 0.2) is 0 Å². The molecule has 0 atom stereocenters. The number of carbonyl (C=O) groups is 3. The molecule has 1 rings (SSSR count). The van der Waals surface area contributed by atoms with E-state index in [-0.39, 0.29) is 30.2 Å². The van der Waals surface area contributed by atoms with E-state index in [0.29, 0.717) is 18.9 Å². The summed E-state index contributed by atoms with van der Waals surface area (Å²) in [7, 11) is 1.55. The van der Waals surface area contributed by atoms with Crippen LogP contribution in [0.2, 0.25) is 0 Å². The van der Waals surface area contributed by atoms with Gasteiger partial charge in [0, 0.05) is 13.7 Å². The van der Waals surface area contributed by atoms with Gasteiger partial charge < -0.3 is 19.1 Å². The highest BCUT2D eigenvalue weighted by Crippen LogP contribution is 2.26. The number of nitrogens with zero attached hydrogens (tertiary/aromatic N) is 1. The number of rotatable bonds is 18. The van der Waals surface area contributed by atoms with Crippen LogP contribution >= 0.6 is 0 Å². The number of amides is 1. The number of hydrogen-bond donors (Lipinski definition) is 0. The second kappa shape index (κ2) is 18.0. The van der Waals surface area contributed by atoms with Gasteiger partial charge in [0.25, 0.3) is 5.91 Å². The number of ether oxygens (including phenoxy) is 3. The van der Waals surface area contributed by atoms with Gasteiger partial charge in [-0.1, -0.05) is 71.3 Å². The van der Waals surface area contributed by atoms with Gasteiger partial charge in [0.2, 0.25) is 0 Å². The number of likely N-dealkylation sites (N-methyl/N-ethyl adjacent to an activating group) is 1. The molecule has 0 fully saturated rings. The van der Waals surface area contributed by atoms with E-state index in [1.807, 2.05) is 6.92 Å². The largest absolute Gasteiger partial charge is 0.462 e. The minimum atomic E-state index is -0.663. The van der Waals surface area contributed by atoms with Crippen LogP contribution in [0.1, 0.15) is 106 Å². The second-order valence-electron chi connectivity index (χ2n) is 8.39. The summed E-state index contributed by atoms with van der Waals surface area (Å²) < 4.78 is 16.1. The summed E-state index contributed by atoms with van der Waals surface area (Å²) >= 11 is 0. The van der Waals surface area contributed by atoms with E-state index >= 15 is 0 Å². The Morgan fingerprint density at radius 1 is 0.765 bits per heavy atom. The number of hydrogen-bond acceptors (Lipinski definition) is 6. The van der Waals surface area contributed by atoms with Crippen molar-refractivity contribution in [3.8, 4) is 0 Å². The maximum absolute atomic E-state index is 12.8. The molecule has 1 aromatic rings. The molecule has 0 radical (unpaired) electrons. The van der Waals surface area contributed by atoms with E-state index in [1.54, 1.807) is 26.1 Å². The fourth-order valence-corrected chi connectivity index (χ4v) is 3.52. The lowest BCUT2D eigenvalue weighted by molar-refractivity contribution is -0.122. The van der Waals surface area contributed by atoms with Gasteiger partial charge in [-0.3, -0.25) is 4.79 Å². The summed E-state index contributed by atoms with van der Waals surface area (Å²) in [4.78, 5) is 39.5. The van der Waals surface area contributed by atoms with Crippen LogP contribution in [0.5, 0.6) is 0 Å². The van der Waals surface area contributed by atoms with Crippen molar-refractivity contribution in [2.24, 2.45) is 0 Å². The molecule has 0 heterocycles. The van der Waals surface area contributed by atoms with Crippen LogP contribution in [0.25, 0.3) is 0 Å². The van der Waals surface area contributed by atoms with Crippen molar-refractivity contribution in [2.45, 2.75) is 85.0 Å². The quantitative estimate of drug-likeness (QED) is 0.192. The van der Waals surface area contributed by atoms with Crippen molar-refractivity contribution in [3.05, 3.63) is 29.3 Å². The van der Waals surface area contributed by atoms with Gasteiger partial charge in [-0.25, -0.2) is 9.59 Å². The summed E-state index contributed by atoms with van der Waals surface area (Å²) in [5.41, 5.74) is 0.431. The molecule has 7 nitrogen and oxygen atoms in total.